The minimum absolute atomic E-state index is 0.0322. The molecule has 0 unspecified atom stereocenters. The fraction of sp³-hybridized carbons (Fsp3) is 0.409. The molecule has 3 aromatic rings. The zero-order valence-corrected chi connectivity index (χ0v) is 17.0. The molecule has 0 saturated carbocycles. The Bertz CT molecular complexity index is 1040. The monoisotopic (exact) mass is 409 g/mol. The Hall–Kier alpha value is -3.13. The number of aliphatic hydroxyl groups is 1. The van der Waals surface area contributed by atoms with Gasteiger partial charge in [-0.05, 0) is 18.6 Å². The number of aryl methyl sites for hydroxylation is 2. The number of β-amino-alcohol motifs (C(OH)–C–C–N with tert-alkyl or cyclic N) is 1. The minimum atomic E-state index is -0.659. The Morgan fingerprint density at radius 2 is 2.17 bits per heavy atom. The molecule has 1 aromatic carbocycles. The summed E-state index contributed by atoms with van der Waals surface area (Å²) in [5.41, 5.74) is 1.34. The summed E-state index contributed by atoms with van der Waals surface area (Å²) in [7, 11) is 0. The summed E-state index contributed by atoms with van der Waals surface area (Å²) in [6.07, 6.45) is 6.33. The van der Waals surface area contributed by atoms with Crippen LogP contribution in [0.25, 0.3) is 10.9 Å². The predicted molar refractivity (Wildman–Crippen MR) is 113 cm³/mol. The van der Waals surface area contributed by atoms with Gasteiger partial charge in [0.15, 0.2) is 0 Å². The SMILES string of the molecule is CCc1nccn1CCC(=O)N1C[C@H](O)C[C@H](NC(=O)c2cccc3cc[nH]c23)C1. The number of aromatic nitrogens is 3. The lowest BCUT2D eigenvalue weighted by molar-refractivity contribution is -0.135. The van der Waals surface area contributed by atoms with Crippen LogP contribution in [0.4, 0.5) is 0 Å². The Labute approximate surface area is 174 Å². The lowest BCUT2D eigenvalue weighted by atomic mass is 10.0. The summed E-state index contributed by atoms with van der Waals surface area (Å²) in [6.45, 7) is 3.28. The number of nitrogens with one attached hydrogen (secondary N) is 2. The summed E-state index contributed by atoms with van der Waals surface area (Å²) in [5.74, 6) is 0.709. The van der Waals surface area contributed by atoms with Crippen LogP contribution in [0, 0.1) is 0 Å². The van der Waals surface area contributed by atoms with Gasteiger partial charge in [0.2, 0.25) is 5.91 Å². The molecule has 2 atom stereocenters. The van der Waals surface area contributed by atoms with E-state index < -0.39 is 6.10 Å². The van der Waals surface area contributed by atoms with Crippen molar-refractivity contribution >= 4 is 22.7 Å². The van der Waals surface area contributed by atoms with Crippen molar-refractivity contribution in [3.63, 3.8) is 0 Å². The van der Waals surface area contributed by atoms with E-state index in [9.17, 15) is 14.7 Å². The highest BCUT2D eigenvalue weighted by atomic mass is 16.3. The molecule has 1 saturated heterocycles. The van der Waals surface area contributed by atoms with Crippen LogP contribution in [0.5, 0.6) is 0 Å². The van der Waals surface area contributed by atoms with E-state index in [-0.39, 0.29) is 17.9 Å². The number of likely N-dealkylation sites (tertiary alicyclic amines) is 1. The van der Waals surface area contributed by atoms with Gasteiger partial charge in [-0.15, -0.1) is 0 Å². The fourth-order valence-corrected chi connectivity index (χ4v) is 4.15. The van der Waals surface area contributed by atoms with Gasteiger partial charge in [-0.3, -0.25) is 9.59 Å². The predicted octanol–water partition coefficient (Wildman–Crippen LogP) is 1.71. The average Bonchev–Trinajstić information content (AvgIpc) is 3.40. The lowest BCUT2D eigenvalue weighted by Crippen LogP contribution is -2.54. The molecule has 0 aliphatic carbocycles. The highest BCUT2D eigenvalue weighted by Crippen LogP contribution is 2.18. The number of imidazole rings is 1. The number of fused-ring (bicyclic) bond motifs is 1. The normalized spacial score (nSPS) is 19.2. The molecule has 30 heavy (non-hydrogen) atoms. The third-order valence-corrected chi connectivity index (χ3v) is 5.63. The number of hydrogen-bond acceptors (Lipinski definition) is 4. The third kappa shape index (κ3) is 4.23. The standard InChI is InChI=1S/C22H27N5O3/c1-2-19-23-9-11-26(19)10-7-20(29)27-13-16(12-17(28)14-27)25-22(30)18-5-3-4-15-6-8-24-21(15)18/h3-6,8-9,11,16-17,24,28H,2,7,10,12-14H2,1H3,(H,25,30)/t16-,17+/m0/s1. The second-order valence-electron chi connectivity index (χ2n) is 7.75. The first-order valence-electron chi connectivity index (χ1n) is 10.4. The molecule has 0 bridgehead atoms. The Kier molecular flexibility index (Phi) is 5.85. The highest BCUT2D eigenvalue weighted by Gasteiger charge is 2.30. The zero-order valence-electron chi connectivity index (χ0n) is 17.0. The molecule has 0 spiro atoms. The Morgan fingerprint density at radius 3 is 3.00 bits per heavy atom. The van der Waals surface area contributed by atoms with Crippen LogP contribution in [0.2, 0.25) is 0 Å². The maximum atomic E-state index is 12.8. The van der Waals surface area contributed by atoms with Gasteiger partial charge in [0.25, 0.3) is 5.91 Å². The minimum Gasteiger partial charge on any atom is -0.391 e. The van der Waals surface area contributed by atoms with Crippen LogP contribution in [-0.4, -0.2) is 61.6 Å². The number of carbonyl (C=O) groups is 2. The van der Waals surface area contributed by atoms with Crippen molar-refractivity contribution in [3.05, 3.63) is 54.2 Å². The van der Waals surface area contributed by atoms with Crippen LogP contribution in [0.3, 0.4) is 0 Å². The van der Waals surface area contributed by atoms with Gasteiger partial charge in [0.05, 0.1) is 17.2 Å². The quantitative estimate of drug-likeness (QED) is 0.577. The van der Waals surface area contributed by atoms with Gasteiger partial charge in [-0.25, -0.2) is 4.98 Å². The molecular weight excluding hydrogens is 382 g/mol. The van der Waals surface area contributed by atoms with Crippen molar-refractivity contribution in [2.24, 2.45) is 0 Å². The van der Waals surface area contributed by atoms with Gasteiger partial charge >= 0.3 is 0 Å². The van der Waals surface area contributed by atoms with Gasteiger partial charge < -0.3 is 24.9 Å². The van der Waals surface area contributed by atoms with Gasteiger partial charge in [-0.2, -0.15) is 0 Å². The zero-order chi connectivity index (χ0) is 21.1. The smallest absolute Gasteiger partial charge is 0.253 e. The highest BCUT2D eigenvalue weighted by molar-refractivity contribution is 6.05. The summed E-state index contributed by atoms with van der Waals surface area (Å²) >= 11 is 0. The van der Waals surface area contributed by atoms with E-state index in [1.54, 1.807) is 23.4 Å². The van der Waals surface area contributed by atoms with E-state index in [1.165, 1.54) is 0 Å². The second-order valence-corrected chi connectivity index (χ2v) is 7.75. The number of amides is 2. The Morgan fingerprint density at radius 1 is 1.30 bits per heavy atom. The molecule has 8 heteroatoms. The lowest BCUT2D eigenvalue weighted by Gasteiger charge is -2.36. The van der Waals surface area contributed by atoms with Crippen LogP contribution in [0.15, 0.2) is 42.9 Å². The molecule has 4 rings (SSSR count). The number of carbonyl (C=O) groups excluding carboxylic acids is 2. The van der Waals surface area contributed by atoms with Crippen molar-refractivity contribution in [1.82, 2.24) is 24.8 Å². The van der Waals surface area contributed by atoms with Crippen LogP contribution < -0.4 is 5.32 Å². The summed E-state index contributed by atoms with van der Waals surface area (Å²) in [5, 5.41) is 14.2. The maximum absolute atomic E-state index is 12.8. The van der Waals surface area contributed by atoms with E-state index in [0.717, 1.165) is 23.1 Å². The summed E-state index contributed by atoms with van der Waals surface area (Å²) in [6, 6.07) is 7.18. The largest absolute Gasteiger partial charge is 0.391 e. The number of nitrogens with zero attached hydrogens (tertiary/aromatic N) is 3. The van der Waals surface area contributed by atoms with E-state index in [4.69, 9.17) is 0 Å². The van der Waals surface area contributed by atoms with E-state index in [1.807, 2.05) is 35.9 Å². The van der Waals surface area contributed by atoms with E-state index in [0.29, 0.717) is 38.0 Å². The van der Waals surface area contributed by atoms with Gasteiger partial charge in [0, 0.05) is 62.5 Å². The van der Waals surface area contributed by atoms with Crippen LogP contribution in [-0.2, 0) is 17.8 Å². The van der Waals surface area contributed by atoms with Crippen LogP contribution in [0.1, 0.15) is 35.9 Å². The number of para-hydroxylation sites is 1. The third-order valence-electron chi connectivity index (χ3n) is 5.63. The maximum Gasteiger partial charge on any atom is 0.253 e. The first-order valence-corrected chi connectivity index (χ1v) is 10.4. The first kappa shape index (κ1) is 20.2. The van der Waals surface area contributed by atoms with Crippen molar-refractivity contribution in [1.29, 1.82) is 0 Å². The molecule has 1 aliphatic heterocycles. The molecule has 1 aliphatic rings. The number of rotatable bonds is 6. The number of aromatic amines is 1. The molecular formula is C22H27N5O3. The molecule has 1 fully saturated rings. The van der Waals surface area contributed by atoms with Crippen molar-refractivity contribution in [2.75, 3.05) is 13.1 Å². The molecule has 0 radical (unpaired) electrons. The summed E-state index contributed by atoms with van der Waals surface area (Å²) in [4.78, 5) is 34.6. The molecule has 3 heterocycles. The number of benzene rings is 1. The molecule has 3 N–H and O–H groups in total. The number of piperidine rings is 1. The molecule has 2 amide bonds. The number of hydrogen-bond donors (Lipinski definition) is 3. The second kappa shape index (κ2) is 8.71. The first-order chi connectivity index (χ1) is 14.5. The van der Waals surface area contributed by atoms with E-state index in [2.05, 4.69) is 15.3 Å². The van der Waals surface area contributed by atoms with Crippen molar-refractivity contribution in [3.8, 4) is 0 Å². The average molecular weight is 409 g/mol. The van der Waals surface area contributed by atoms with Gasteiger partial charge in [-0.1, -0.05) is 19.1 Å². The van der Waals surface area contributed by atoms with Crippen LogP contribution >= 0.6 is 0 Å². The van der Waals surface area contributed by atoms with E-state index >= 15 is 0 Å². The van der Waals surface area contributed by atoms with Crippen molar-refractivity contribution < 1.29 is 14.7 Å². The number of H-pyrrole nitrogens is 1. The summed E-state index contributed by atoms with van der Waals surface area (Å²) < 4.78 is 1.98. The molecule has 2 aromatic heterocycles. The number of aliphatic hydroxyl groups excluding tert-OH is 1. The Balaban J connectivity index is 1.38. The molecule has 8 nitrogen and oxygen atoms in total. The topological polar surface area (TPSA) is 103 Å². The van der Waals surface area contributed by atoms with Gasteiger partial charge in [0.1, 0.15) is 5.82 Å². The molecule has 158 valence electrons. The van der Waals surface area contributed by atoms with Crippen molar-refractivity contribution in [2.45, 2.75) is 44.9 Å². The fourth-order valence-electron chi connectivity index (χ4n) is 4.15.